The zero-order valence-corrected chi connectivity index (χ0v) is 10.8. The first-order chi connectivity index (χ1) is 8.65. The highest BCUT2D eigenvalue weighted by Crippen LogP contribution is 2.12. The molecule has 2 rings (SSSR count). The van der Waals surface area contributed by atoms with E-state index in [0.29, 0.717) is 5.56 Å². The maximum atomic E-state index is 13.1. The van der Waals surface area contributed by atoms with Crippen molar-refractivity contribution in [3.05, 3.63) is 71.2 Å². The quantitative estimate of drug-likeness (QED) is 0.794. The molecule has 0 unspecified atom stereocenters. The minimum atomic E-state index is -0.138. The monoisotopic (exact) mass is 242 g/mol. The Labute approximate surface area is 108 Å². The highest BCUT2D eigenvalue weighted by Gasteiger charge is 2.00. The van der Waals surface area contributed by atoms with E-state index < -0.39 is 0 Å². The van der Waals surface area contributed by atoms with Crippen LogP contribution in [0.5, 0.6) is 0 Å². The third kappa shape index (κ3) is 3.39. The topological polar surface area (TPSA) is 12.9 Å². The molecule has 2 heteroatoms. The van der Waals surface area contributed by atoms with Gasteiger partial charge in [0.15, 0.2) is 0 Å². The summed E-state index contributed by atoms with van der Waals surface area (Å²) in [5.74, 6) is -0.138. The summed E-state index contributed by atoms with van der Waals surface area (Å²) in [5.41, 5.74) is 4.10. The van der Waals surface area contributed by atoms with Gasteiger partial charge in [-0.25, -0.2) is 4.39 Å². The van der Waals surface area contributed by atoms with Gasteiger partial charge in [-0.05, 0) is 61.9 Å². The fourth-order valence-electron chi connectivity index (χ4n) is 1.86. The molecule has 0 aliphatic rings. The largest absolute Gasteiger partial charge is 0.261 e. The van der Waals surface area contributed by atoms with Gasteiger partial charge in [-0.1, -0.05) is 18.2 Å². The minimum absolute atomic E-state index is 0.138. The van der Waals surface area contributed by atoms with Crippen LogP contribution < -0.4 is 0 Å². The first kappa shape index (κ1) is 12.7. The van der Waals surface area contributed by atoms with Crippen LogP contribution in [0.15, 0.2) is 36.5 Å². The van der Waals surface area contributed by atoms with Crippen molar-refractivity contribution in [1.82, 2.24) is 4.98 Å². The Morgan fingerprint density at radius 3 is 2.44 bits per heavy atom. The molecule has 1 nitrogen and oxygen atoms in total. The van der Waals surface area contributed by atoms with E-state index in [1.54, 1.807) is 6.92 Å². The van der Waals surface area contributed by atoms with Gasteiger partial charge in [0.25, 0.3) is 0 Å². The van der Waals surface area contributed by atoms with Crippen molar-refractivity contribution in [2.45, 2.75) is 26.7 Å². The summed E-state index contributed by atoms with van der Waals surface area (Å²) in [7, 11) is 0. The predicted octanol–water partition coefficient (Wildman–Crippen LogP) is 3.83. The van der Waals surface area contributed by atoms with Crippen LogP contribution in [0.1, 0.15) is 22.4 Å². The normalized spacial score (nSPS) is 10.6. The lowest BCUT2D eigenvalue weighted by atomic mass is 10.0. The number of aryl methyl sites for hydroxylation is 2. The molecule has 0 spiro atoms. The summed E-state index contributed by atoms with van der Waals surface area (Å²) in [6.45, 7) is 3.78. The van der Waals surface area contributed by atoms with Crippen LogP contribution in [0.4, 0.5) is 4.39 Å². The van der Waals surface area contributed by atoms with Crippen molar-refractivity contribution in [3.63, 3.8) is 0 Å². The number of hydrogen-bond acceptors (Lipinski definition) is 1. The summed E-state index contributed by atoms with van der Waals surface area (Å²) < 4.78 is 13.1. The molecular formula is C16H17FN. The first-order valence-electron chi connectivity index (χ1n) is 6.13. The van der Waals surface area contributed by atoms with Crippen molar-refractivity contribution in [2.75, 3.05) is 0 Å². The summed E-state index contributed by atoms with van der Waals surface area (Å²) in [6, 6.07) is 9.39. The zero-order valence-electron chi connectivity index (χ0n) is 10.8. The lowest BCUT2D eigenvalue weighted by Gasteiger charge is -2.04. The maximum absolute atomic E-state index is 13.1. The molecular weight excluding hydrogens is 225 g/mol. The van der Waals surface area contributed by atoms with E-state index in [0.717, 1.165) is 24.1 Å². The average Bonchev–Trinajstić information content (AvgIpc) is 2.36. The van der Waals surface area contributed by atoms with Gasteiger partial charge in [-0.2, -0.15) is 0 Å². The van der Waals surface area contributed by atoms with Crippen molar-refractivity contribution < 1.29 is 4.39 Å². The molecule has 0 N–H and O–H groups in total. The van der Waals surface area contributed by atoms with E-state index >= 15 is 0 Å². The number of benzene rings is 1. The third-order valence-corrected chi connectivity index (χ3v) is 2.96. The molecule has 2 aromatic rings. The van der Waals surface area contributed by atoms with Crippen LogP contribution in [0.3, 0.4) is 0 Å². The van der Waals surface area contributed by atoms with Crippen LogP contribution in [0, 0.1) is 26.1 Å². The number of nitrogens with zero attached hydrogens (tertiary/aromatic N) is 1. The fourth-order valence-corrected chi connectivity index (χ4v) is 1.86. The molecule has 0 aliphatic heterocycles. The predicted molar refractivity (Wildman–Crippen MR) is 71.8 cm³/mol. The molecule has 0 atom stereocenters. The SMILES string of the molecule is Cc1ccc(C[CH]Cc2ccc(F)c(C)c2)cn1. The first-order valence-corrected chi connectivity index (χ1v) is 6.13. The Balaban J connectivity index is 1.88. The fraction of sp³-hybridized carbons (Fsp3) is 0.250. The van der Waals surface area contributed by atoms with Gasteiger partial charge >= 0.3 is 0 Å². The second kappa shape index (κ2) is 5.76. The Morgan fingerprint density at radius 1 is 1.06 bits per heavy atom. The van der Waals surface area contributed by atoms with E-state index in [4.69, 9.17) is 0 Å². The van der Waals surface area contributed by atoms with Gasteiger partial charge in [0, 0.05) is 11.9 Å². The molecule has 0 fully saturated rings. The van der Waals surface area contributed by atoms with Gasteiger partial charge in [-0.15, -0.1) is 0 Å². The number of rotatable bonds is 4. The summed E-state index contributed by atoms with van der Waals surface area (Å²) in [4.78, 5) is 4.26. The van der Waals surface area contributed by atoms with Crippen LogP contribution in [-0.2, 0) is 12.8 Å². The molecule has 0 bridgehead atoms. The zero-order chi connectivity index (χ0) is 13.0. The molecule has 0 aliphatic carbocycles. The van der Waals surface area contributed by atoms with Crippen LogP contribution >= 0.6 is 0 Å². The molecule has 93 valence electrons. The van der Waals surface area contributed by atoms with E-state index in [2.05, 4.69) is 17.5 Å². The molecule has 0 amide bonds. The summed E-state index contributed by atoms with van der Waals surface area (Å²) in [6.07, 6.45) is 5.85. The number of pyridine rings is 1. The molecule has 0 saturated heterocycles. The van der Waals surface area contributed by atoms with E-state index in [9.17, 15) is 4.39 Å². The van der Waals surface area contributed by atoms with Crippen molar-refractivity contribution in [3.8, 4) is 0 Å². The number of halogens is 1. The van der Waals surface area contributed by atoms with Crippen molar-refractivity contribution in [2.24, 2.45) is 0 Å². The second-order valence-corrected chi connectivity index (χ2v) is 4.59. The maximum Gasteiger partial charge on any atom is 0.126 e. The molecule has 18 heavy (non-hydrogen) atoms. The van der Waals surface area contributed by atoms with Crippen molar-refractivity contribution in [1.29, 1.82) is 0 Å². The summed E-state index contributed by atoms with van der Waals surface area (Å²) in [5, 5.41) is 0. The van der Waals surface area contributed by atoms with Gasteiger partial charge in [0.2, 0.25) is 0 Å². The highest BCUT2D eigenvalue weighted by molar-refractivity contribution is 5.25. The van der Waals surface area contributed by atoms with E-state index in [1.165, 1.54) is 11.6 Å². The van der Waals surface area contributed by atoms with Crippen LogP contribution in [0.25, 0.3) is 0 Å². The molecule has 1 radical (unpaired) electrons. The standard InChI is InChI=1S/C16H17FN/c1-12-10-14(8-9-16(12)17)4-3-5-15-7-6-13(2)18-11-15/h3,6-11H,4-5H2,1-2H3. The summed E-state index contributed by atoms with van der Waals surface area (Å²) >= 11 is 0. The Kier molecular flexibility index (Phi) is 4.08. The lowest BCUT2D eigenvalue weighted by molar-refractivity contribution is 0.617. The molecule has 1 aromatic carbocycles. The molecule has 1 aromatic heterocycles. The second-order valence-electron chi connectivity index (χ2n) is 4.59. The lowest BCUT2D eigenvalue weighted by Crippen LogP contribution is -1.94. The van der Waals surface area contributed by atoms with Crippen molar-refractivity contribution >= 4 is 0 Å². The van der Waals surface area contributed by atoms with E-state index in [-0.39, 0.29) is 5.82 Å². The molecule has 0 saturated carbocycles. The Hall–Kier alpha value is -1.70. The van der Waals surface area contributed by atoms with Gasteiger partial charge in [0.05, 0.1) is 0 Å². The Morgan fingerprint density at radius 2 is 1.78 bits per heavy atom. The Bertz CT molecular complexity index is 517. The number of aromatic nitrogens is 1. The molecule has 1 heterocycles. The van der Waals surface area contributed by atoms with Gasteiger partial charge in [-0.3, -0.25) is 4.98 Å². The highest BCUT2D eigenvalue weighted by atomic mass is 19.1. The van der Waals surface area contributed by atoms with E-state index in [1.807, 2.05) is 31.3 Å². The third-order valence-electron chi connectivity index (χ3n) is 2.96. The van der Waals surface area contributed by atoms with Crippen LogP contribution in [-0.4, -0.2) is 4.98 Å². The number of hydrogen-bond donors (Lipinski definition) is 0. The van der Waals surface area contributed by atoms with Crippen LogP contribution in [0.2, 0.25) is 0 Å². The van der Waals surface area contributed by atoms with Gasteiger partial charge < -0.3 is 0 Å². The smallest absolute Gasteiger partial charge is 0.126 e. The average molecular weight is 242 g/mol. The minimum Gasteiger partial charge on any atom is -0.261 e. The van der Waals surface area contributed by atoms with Gasteiger partial charge in [0.1, 0.15) is 5.82 Å².